The molecular weight excluding hydrogens is 140 g/mol. The van der Waals surface area contributed by atoms with Crippen molar-refractivity contribution in [3.05, 3.63) is 0 Å². The molecule has 1 aliphatic heterocycles. The van der Waals surface area contributed by atoms with E-state index in [-0.39, 0.29) is 5.96 Å². The number of likely N-dealkylation sites (tertiary alicyclic amines) is 1. The fourth-order valence-electron chi connectivity index (χ4n) is 1.28. The Morgan fingerprint density at radius 2 is 1.82 bits per heavy atom. The van der Waals surface area contributed by atoms with Crippen LogP contribution in [0.4, 0.5) is 0 Å². The summed E-state index contributed by atoms with van der Waals surface area (Å²) in [5.41, 5.74) is 10.4. The number of nitrogens with two attached hydrogens (primary N) is 2. The molecule has 0 unspecified atom stereocenters. The van der Waals surface area contributed by atoms with Gasteiger partial charge in [0.1, 0.15) is 0 Å². The van der Waals surface area contributed by atoms with E-state index in [1.54, 1.807) is 0 Å². The zero-order valence-electron chi connectivity index (χ0n) is 6.79. The number of guanidine groups is 1. The molecular formula is C7H16N4. The quantitative estimate of drug-likeness (QED) is 0.426. The van der Waals surface area contributed by atoms with Gasteiger partial charge in [-0.2, -0.15) is 0 Å². The second kappa shape index (κ2) is 4.18. The monoisotopic (exact) mass is 156 g/mol. The molecule has 0 aliphatic carbocycles. The third-order valence-electron chi connectivity index (χ3n) is 1.90. The molecule has 4 N–H and O–H groups in total. The Morgan fingerprint density at radius 3 is 2.36 bits per heavy atom. The third-order valence-corrected chi connectivity index (χ3v) is 1.90. The van der Waals surface area contributed by atoms with Crippen molar-refractivity contribution in [1.29, 1.82) is 0 Å². The van der Waals surface area contributed by atoms with E-state index in [2.05, 4.69) is 9.89 Å². The Balaban J connectivity index is 2.19. The predicted octanol–water partition coefficient (Wildman–Crippen LogP) is -0.297. The number of nitrogens with zero attached hydrogens (tertiary/aromatic N) is 2. The highest BCUT2D eigenvalue weighted by Gasteiger charge is 2.07. The van der Waals surface area contributed by atoms with E-state index in [0.717, 1.165) is 13.1 Å². The molecule has 0 atom stereocenters. The van der Waals surface area contributed by atoms with Gasteiger partial charge in [0.05, 0.1) is 6.67 Å². The van der Waals surface area contributed by atoms with Crippen molar-refractivity contribution in [1.82, 2.24) is 4.90 Å². The summed E-state index contributed by atoms with van der Waals surface area (Å²) in [5, 5.41) is 0. The van der Waals surface area contributed by atoms with Crippen LogP contribution in [-0.4, -0.2) is 30.6 Å². The fraction of sp³-hybridized carbons (Fsp3) is 0.857. The Bertz CT molecular complexity index is 133. The summed E-state index contributed by atoms with van der Waals surface area (Å²) in [6.07, 6.45) is 3.90. The van der Waals surface area contributed by atoms with Gasteiger partial charge in [0.2, 0.25) is 0 Å². The van der Waals surface area contributed by atoms with Gasteiger partial charge in [-0.1, -0.05) is 6.42 Å². The highest BCUT2D eigenvalue weighted by Crippen LogP contribution is 2.07. The smallest absolute Gasteiger partial charge is 0.187 e. The van der Waals surface area contributed by atoms with Crippen LogP contribution in [0.15, 0.2) is 4.99 Å². The minimum absolute atomic E-state index is 0.190. The SMILES string of the molecule is NC(N)=NCN1CCCCC1. The van der Waals surface area contributed by atoms with Crippen LogP contribution in [0.5, 0.6) is 0 Å². The molecule has 0 saturated carbocycles. The van der Waals surface area contributed by atoms with Crippen molar-refractivity contribution in [2.45, 2.75) is 19.3 Å². The second-order valence-corrected chi connectivity index (χ2v) is 2.90. The van der Waals surface area contributed by atoms with E-state index in [9.17, 15) is 0 Å². The molecule has 0 radical (unpaired) electrons. The van der Waals surface area contributed by atoms with Gasteiger partial charge in [0, 0.05) is 0 Å². The number of piperidine rings is 1. The molecule has 1 heterocycles. The molecule has 1 rings (SSSR count). The molecule has 0 spiro atoms. The first kappa shape index (κ1) is 8.33. The van der Waals surface area contributed by atoms with E-state index in [1.807, 2.05) is 0 Å². The third kappa shape index (κ3) is 3.23. The summed E-state index contributed by atoms with van der Waals surface area (Å²) >= 11 is 0. The molecule has 11 heavy (non-hydrogen) atoms. The summed E-state index contributed by atoms with van der Waals surface area (Å²) in [6, 6.07) is 0. The fourth-order valence-corrected chi connectivity index (χ4v) is 1.28. The largest absolute Gasteiger partial charge is 0.370 e. The molecule has 4 heteroatoms. The average molecular weight is 156 g/mol. The number of hydrogen-bond donors (Lipinski definition) is 2. The Labute approximate surface area is 67.3 Å². The first-order valence-corrected chi connectivity index (χ1v) is 4.07. The first-order valence-electron chi connectivity index (χ1n) is 4.07. The van der Waals surface area contributed by atoms with Gasteiger partial charge in [-0.3, -0.25) is 4.90 Å². The van der Waals surface area contributed by atoms with Crippen LogP contribution in [0, 0.1) is 0 Å². The van der Waals surface area contributed by atoms with Gasteiger partial charge in [0.25, 0.3) is 0 Å². The minimum atomic E-state index is 0.190. The standard InChI is InChI=1S/C7H16N4/c8-7(9)10-6-11-4-2-1-3-5-11/h1-6H2,(H4,8,9,10). The summed E-state index contributed by atoms with van der Waals surface area (Å²) in [7, 11) is 0. The zero-order chi connectivity index (χ0) is 8.10. The van der Waals surface area contributed by atoms with Crippen molar-refractivity contribution in [2.24, 2.45) is 16.5 Å². The maximum Gasteiger partial charge on any atom is 0.187 e. The molecule has 0 amide bonds. The van der Waals surface area contributed by atoms with Crippen LogP contribution in [0.1, 0.15) is 19.3 Å². The second-order valence-electron chi connectivity index (χ2n) is 2.90. The van der Waals surface area contributed by atoms with Crippen molar-refractivity contribution in [3.8, 4) is 0 Å². The van der Waals surface area contributed by atoms with Gasteiger partial charge in [0.15, 0.2) is 5.96 Å². The highest BCUT2D eigenvalue weighted by atomic mass is 15.2. The van der Waals surface area contributed by atoms with Crippen LogP contribution in [0.25, 0.3) is 0 Å². The molecule has 1 aliphatic rings. The van der Waals surface area contributed by atoms with Gasteiger partial charge in [-0.25, -0.2) is 4.99 Å². The van der Waals surface area contributed by atoms with E-state index >= 15 is 0 Å². The van der Waals surface area contributed by atoms with E-state index in [0.29, 0.717) is 6.67 Å². The van der Waals surface area contributed by atoms with E-state index < -0.39 is 0 Å². The predicted molar refractivity (Wildman–Crippen MR) is 46.1 cm³/mol. The molecule has 4 nitrogen and oxygen atoms in total. The maximum atomic E-state index is 5.21. The van der Waals surface area contributed by atoms with E-state index in [4.69, 9.17) is 11.5 Å². The Kier molecular flexibility index (Phi) is 3.16. The molecule has 1 saturated heterocycles. The normalized spacial score (nSPS) is 19.6. The van der Waals surface area contributed by atoms with Crippen molar-refractivity contribution in [2.75, 3.05) is 19.8 Å². The lowest BCUT2D eigenvalue weighted by atomic mass is 10.1. The van der Waals surface area contributed by atoms with Gasteiger partial charge in [-0.15, -0.1) is 0 Å². The maximum absolute atomic E-state index is 5.21. The zero-order valence-corrected chi connectivity index (χ0v) is 6.79. The summed E-state index contributed by atoms with van der Waals surface area (Å²) < 4.78 is 0. The van der Waals surface area contributed by atoms with Gasteiger partial charge in [-0.05, 0) is 25.9 Å². The summed E-state index contributed by atoms with van der Waals surface area (Å²) in [5.74, 6) is 0.190. The number of hydrogen-bond acceptors (Lipinski definition) is 2. The Hall–Kier alpha value is -0.770. The van der Waals surface area contributed by atoms with Gasteiger partial charge >= 0.3 is 0 Å². The molecule has 0 aromatic rings. The van der Waals surface area contributed by atoms with Crippen LogP contribution in [-0.2, 0) is 0 Å². The van der Waals surface area contributed by atoms with Crippen LogP contribution in [0.2, 0.25) is 0 Å². The minimum Gasteiger partial charge on any atom is -0.370 e. The summed E-state index contributed by atoms with van der Waals surface area (Å²) in [6.45, 7) is 2.94. The number of aliphatic imine (C=N–C) groups is 1. The molecule has 1 fully saturated rings. The van der Waals surface area contributed by atoms with Crippen molar-refractivity contribution < 1.29 is 0 Å². The molecule has 64 valence electrons. The lowest BCUT2D eigenvalue weighted by Gasteiger charge is -2.24. The summed E-state index contributed by atoms with van der Waals surface area (Å²) in [4.78, 5) is 6.21. The van der Waals surface area contributed by atoms with Crippen LogP contribution >= 0.6 is 0 Å². The topological polar surface area (TPSA) is 67.6 Å². The Morgan fingerprint density at radius 1 is 1.18 bits per heavy atom. The molecule has 0 aromatic carbocycles. The lowest BCUT2D eigenvalue weighted by Crippen LogP contribution is -2.32. The van der Waals surface area contributed by atoms with Crippen LogP contribution < -0.4 is 11.5 Å². The van der Waals surface area contributed by atoms with Gasteiger partial charge < -0.3 is 11.5 Å². The highest BCUT2D eigenvalue weighted by molar-refractivity contribution is 5.75. The first-order chi connectivity index (χ1) is 5.29. The van der Waals surface area contributed by atoms with Crippen LogP contribution in [0.3, 0.4) is 0 Å². The van der Waals surface area contributed by atoms with E-state index in [1.165, 1.54) is 19.3 Å². The average Bonchev–Trinajstić information content (AvgIpc) is 2.03. The molecule has 0 aromatic heterocycles. The number of rotatable bonds is 2. The van der Waals surface area contributed by atoms with Crippen molar-refractivity contribution >= 4 is 5.96 Å². The van der Waals surface area contributed by atoms with Crippen molar-refractivity contribution in [3.63, 3.8) is 0 Å². The lowest BCUT2D eigenvalue weighted by molar-refractivity contribution is 0.236. The molecule has 0 bridgehead atoms.